The smallest absolute Gasteiger partial charge is 0.317 e. The van der Waals surface area contributed by atoms with Gasteiger partial charge in [-0.3, -0.25) is 9.59 Å². The van der Waals surface area contributed by atoms with Crippen LogP contribution in [0.5, 0.6) is 11.5 Å². The normalized spacial score (nSPS) is 21.4. The van der Waals surface area contributed by atoms with E-state index in [1.54, 1.807) is 49.1 Å². The van der Waals surface area contributed by atoms with Gasteiger partial charge >= 0.3 is 12.0 Å². The van der Waals surface area contributed by atoms with Crippen LogP contribution in [-0.4, -0.2) is 69.3 Å². The highest BCUT2D eigenvalue weighted by atomic mass is 16.5. The highest BCUT2D eigenvalue weighted by Crippen LogP contribution is 2.33. The maximum atomic E-state index is 12.7. The van der Waals surface area contributed by atoms with Crippen molar-refractivity contribution in [2.24, 2.45) is 5.92 Å². The molecular formula is C21H29N3O6. The predicted molar refractivity (Wildman–Crippen MR) is 110 cm³/mol. The van der Waals surface area contributed by atoms with Gasteiger partial charge in [0, 0.05) is 37.8 Å². The summed E-state index contributed by atoms with van der Waals surface area (Å²) in [5, 5.41) is 2.94. The molecule has 0 unspecified atom stereocenters. The number of hydrogen-bond acceptors (Lipinski definition) is 6. The van der Waals surface area contributed by atoms with E-state index in [0.29, 0.717) is 43.4 Å². The topological polar surface area (TPSA) is 97.4 Å². The molecule has 9 nitrogen and oxygen atoms in total. The summed E-state index contributed by atoms with van der Waals surface area (Å²) < 4.78 is 15.6. The summed E-state index contributed by atoms with van der Waals surface area (Å²) >= 11 is 0. The number of ether oxygens (including phenoxy) is 3. The van der Waals surface area contributed by atoms with Crippen molar-refractivity contribution in [3.8, 4) is 11.5 Å². The summed E-state index contributed by atoms with van der Waals surface area (Å²) in [5.41, 5.74) is 0.690. The lowest BCUT2D eigenvalue weighted by Crippen LogP contribution is -2.50. The molecule has 0 bridgehead atoms. The summed E-state index contributed by atoms with van der Waals surface area (Å²) in [6.07, 6.45) is 1.69. The third-order valence-corrected chi connectivity index (χ3v) is 5.46. The molecule has 2 heterocycles. The van der Waals surface area contributed by atoms with Gasteiger partial charge in [-0.25, -0.2) is 4.79 Å². The predicted octanol–water partition coefficient (Wildman–Crippen LogP) is 1.79. The summed E-state index contributed by atoms with van der Waals surface area (Å²) in [5.74, 6) is 0.492. The molecule has 1 aromatic carbocycles. The molecule has 9 heteroatoms. The van der Waals surface area contributed by atoms with Gasteiger partial charge < -0.3 is 29.3 Å². The zero-order valence-corrected chi connectivity index (χ0v) is 17.7. The van der Waals surface area contributed by atoms with E-state index in [4.69, 9.17) is 14.2 Å². The van der Waals surface area contributed by atoms with Crippen LogP contribution in [0.3, 0.4) is 0 Å². The summed E-state index contributed by atoms with van der Waals surface area (Å²) in [4.78, 5) is 40.5. The van der Waals surface area contributed by atoms with Gasteiger partial charge in [0.15, 0.2) is 11.5 Å². The van der Waals surface area contributed by atoms with Crippen LogP contribution in [0, 0.1) is 5.92 Å². The number of likely N-dealkylation sites (tertiary alicyclic amines) is 1. The Morgan fingerprint density at radius 3 is 2.63 bits per heavy atom. The van der Waals surface area contributed by atoms with Crippen LogP contribution in [0.1, 0.15) is 26.2 Å². The average molecular weight is 419 g/mol. The number of amides is 3. The monoisotopic (exact) mass is 419 g/mol. The maximum absolute atomic E-state index is 12.7. The Hall–Kier alpha value is -2.97. The van der Waals surface area contributed by atoms with Crippen molar-refractivity contribution in [1.82, 2.24) is 10.2 Å². The fourth-order valence-electron chi connectivity index (χ4n) is 3.93. The second-order valence-corrected chi connectivity index (χ2v) is 7.43. The standard InChI is InChI=1S/C21H29N3O6/c1-4-30-20(26)14-6-5-9-23(12-14)21(27)22-15-10-19(25)24(13-15)16-7-8-17(28-2)18(11-16)29-3/h7-8,11,14-15H,4-6,9-10,12-13H2,1-3H3,(H,22,27)/t14-,15+/m0/s1. The van der Waals surface area contributed by atoms with Gasteiger partial charge in [-0.1, -0.05) is 0 Å². The lowest BCUT2D eigenvalue weighted by Gasteiger charge is -2.32. The summed E-state index contributed by atoms with van der Waals surface area (Å²) in [6.45, 7) is 3.39. The lowest BCUT2D eigenvalue weighted by molar-refractivity contribution is -0.149. The van der Waals surface area contributed by atoms with Crippen molar-refractivity contribution in [1.29, 1.82) is 0 Å². The number of anilines is 1. The third kappa shape index (κ3) is 4.77. The Labute approximate surface area is 176 Å². The van der Waals surface area contributed by atoms with Gasteiger partial charge in [-0.2, -0.15) is 0 Å². The first-order valence-corrected chi connectivity index (χ1v) is 10.2. The summed E-state index contributed by atoms with van der Waals surface area (Å²) in [7, 11) is 3.09. The first-order chi connectivity index (χ1) is 14.5. The molecule has 3 rings (SSSR count). The number of hydrogen-bond donors (Lipinski definition) is 1. The van der Waals surface area contributed by atoms with Gasteiger partial charge in [0.2, 0.25) is 5.91 Å². The number of piperidine rings is 1. The fraction of sp³-hybridized carbons (Fsp3) is 0.571. The van der Waals surface area contributed by atoms with Crippen LogP contribution in [0.2, 0.25) is 0 Å². The second-order valence-electron chi connectivity index (χ2n) is 7.43. The number of esters is 1. The van der Waals surface area contributed by atoms with Gasteiger partial charge in [-0.15, -0.1) is 0 Å². The fourth-order valence-corrected chi connectivity index (χ4v) is 3.93. The largest absolute Gasteiger partial charge is 0.493 e. The Morgan fingerprint density at radius 1 is 1.17 bits per heavy atom. The first-order valence-electron chi connectivity index (χ1n) is 10.2. The minimum atomic E-state index is -0.305. The molecule has 3 amide bonds. The van der Waals surface area contributed by atoms with Crippen molar-refractivity contribution < 1.29 is 28.6 Å². The third-order valence-electron chi connectivity index (χ3n) is 5.46. The van der Waals surface area contributed by atoms with Crippen molar-refractivity contribution in [3.63, 3.8) is 0 Å². The Morgan fingerprint density at radius 2 is 1.93 bits per heavy atom. The Balaban J connectivity index is 1.60. The molecule has 164 valence electrons. The molecule has 1 N–H and O–H groups in total. The molecule has 2 atom stereocenters. The van der Waals surface area contributed by atoms with Crippen molar-refractivity contribution in [3.05, 3.63) is 18.2 Å². The minimum absolute atomic E-state index is 0.0736. The maximum Gasteiger partial charge on any atom is 0.317 e. The SMILES string of the molecule is CCOC(=O)[C@H]1CCCN(C(=O)N[C@@H]2CC(=O)N(c3ccc(OC)c(OC)c3)C2)C1. The Kier molecular flexibility index (Phi) is 7.02. The number of urea groups is 1. The van der Waals surface area contributed by atoms with E-state index in [0.717, 1.165) is 12.8 Å². The van der Waals surface area contributed by atoms with Crippen molar-refractivity contribution in [2.45, 2.75) is 32.2 Å². The number of rotatable bonds is 6. The molecule has 0 radical (unpaired) electrons. The number of carbonyl (C=O) groups excluding carboxylic acids is 3. The molecular weight excluding hydrogens is 390 g/mol. The Bertz CT molecular complexity index is 799. The molecule has 2 fully saturated rings. The van der Waals surface area contributed by atoms with Crippen LogP contribution in [0.4, 0.5) is 10.5 Å². The van der Waals surface area contributed by atoms with Gasteiger partial charge in [0.05, 0.1) is 32.8 Å². The zero-order chi connectivity index (χ0) is 21.7. The van der Waals surface area contributed by atoms with Crippen LogP contribution < -0.4 is 19.7 Å². The van der Waals surface area contributed by atoms with E-state index in [-0.39, 0.29) is 36.3 Å². The van der Waals surface area contributed by atoms with E-state index < -0.39 is 0 Å². The van der Waals surface area contributed by atoms with Gasteiger partial charge in [-0.05, 0) is 31.9 Å². The van der Waals surface area contributed by atoms with Crippen LogP contribution in [0.15, 0.2) is 18.2 Å². The summed E-state index contributed by atoms with van der Waals surface area (Å²) in [6, 6.07) is 4.72. The molecule has 0 aromatic heterocycles. The number of benzene rings is 1. The lowest BCUT2D eigenvalue weighted by atomic mass is 9.98. The quantitative estimate of drug-likeness (QED) is 0.706. The molecule has 30 heavy (non-hydrogen) atoms. The van der Waals surface area contributed by atoms with E-state index in [2.05, 4.69) is 5.32 Å². The molecule has 0 spiro atoms. The number of nitrogens with one attached hydrogen (secondary N) is 1. The number of methoxy groups -OCH3 is 2. The van der Waals surface area contributed by atoms with Crippen LogP contribution in [-0.2, 0) is 14.3 Å². The van der Waals surface area contributed by atoms with E-state index in [1.165, 1.54) is 0 Å². The second kappa shape index (κ2) is 9.69. The minimum Gasteiger partial charge on any atom is -0.493 e. The van der Waals surface area contributed by atoms with Crippen LogP contribution >= 0.6 is 0 Å². The van der Waals surface area contributed by atoms with Crippen molar-refractivity contribution in [2.75, 3.05) is 45.4 Å². The van der Waals surface area contributed by atoms with E-state index in [1.807, 2.05) is 0 Å². The molecule has 2 aliphatic rings. The van der Waals surface area contributed by atoms with E-state index >= 15 is 0 Å². The molecule has 1 aromatic rings. The molecule has 2 saturated heterocycles. The van der Waals surface area contributed by atoms with Crippen molar-refractivity contribution >= 4 is 23.6 Å². The molecule has 2 aliphatic heterocycles. The number of carbonyl (C=O) groups is 3. The highest BCUT2D eigenvalue weighted by molar-refractivity contribution is 5.97. The first kappa shape index (κ1) is 21.7. The average Bonchev–Trinajstić information content (AvgIpc) is 3.13. The zero-order valence-electron chi connectivity index (χ0n) is 17.7. The van der Waals surface area contributed by atoms with E-state index in [9.17, 15) is 14.4 Å². The van der Waals surface area contributed by atoms with Crippen LogP contribution in [0.25, 0.3) is 0 Å². The highest BCUT2D eigenvalue weighted by Gasteiger charge is 2.35. The molecule has 0 aliphatic carbocycles. The van der Waals surface area contributed by atoms with Gasteiger partial charge in [0.25, 0.3) is 0 Å². The molecule has 0 saturated carbocycles. The number of nitrogens with zero attached hydrogens (tertiary/aromatic N) is 2. The van der Waals surface area contributed by atoms with Gasteiger partial charge in [0.1, 0.15) is 0 Å².